The molecule has 6 heteroatoms. The van der Waals surface area contributed by atoms with E-state index in [1.165, 1.54) is 12.1 Å². The molecule has 0 saturated carbocycles. The summed E-state index contributed by atoms with van der Waals surface area (Å²) in [6, 6.07) is 14.4. The number of anilines is 1. The molecular formula is C18H15FN2O3. The van der Waals surface area contributed by atoms with Crippen LogP contribution in [0.5, 0.6) is 5.75 Å². The number of ether oxygens (including phenoxy) is 1. The molecular weight excluding hydrogens is 311 g/mol. The molecule has 1 N–H and O–H groups in total. The Hall–Kier alpha value is -3.15. The second-order valence-electron chi connectivity index (χ2n) is 4.97. The molecule has 5 nitrogen and oxygen atoms in total. The summed E-state index contributed by atoms with van der Waals surface area (Å²) in [6.07, 6.45) is 0. The number of hydrogen-bond acceptors (Lipinski definition) is 4. The van der Waals surface area contributed by atoms with Gasteiger partial charge in [0.2, 0.25) is 5.88 Å². The van der Waals surface area contributed by atoms with E-state index in [2.05, 4.69) is 10.5 Å². The van der Waals surface area contributed by atoms with Gasteiger partial charge in [0.25, 0.3) is 5.91 Å². The van der Waals surface area contributed by atoms with Crippen LogP contribution < -0.4 is 10.1 Å². The Morgan fingerprint density at radius 2 is 1.96 bits per heavy atom. The van der Waals surface area contributed by atoms with Crippen molar-refractivity contribution in [1.82, 2.24) is 5.16 Å². The SMILES string of the molecule is CCOc1ccccc1C(=O)Nc1cc(-c2ccc(F)cc2)no1. The van der Waals surface area contributed by atoms with Gasteiger partial charge in [0.15, 0.2) is 0 Å². The highest BCUT2D eigenvalue weighted by atomic mass is 19.1. The van der Waals surface area contributed by atoms with E-state index in [4.69, 9.17) is 9.26 Å². The van der Waals surface area contributed by atoms with Gasteiger partial charge in [-0.2, -0.15) is 0 Å². The first-order chi connectivity index (χ1) is 11.7. The molecule has 0 aliphatic heterocycles. The first-order valence-electron chi connectivity index (χ1n) is 7.43. The number of carbonyl (C=O) groups excluding carboxylic acids is 1. The van der Waals surface area contributed by atoms with Crippen LogP contribution in [0.2, 0.25) is 0 Å². The summed E-state index contributed by atoms with van der Waals surface area (Å²) >= 11 is 0. The summed E-state index contributed by atoms with van der Waals surface area (Å²) in [5, 5.41) is 6.51. The van der Waals surface area contributed by atoms with Crippen LogP contribution in [0.25, 0.3) is 11.3 Å². The van der Waals surface area contributed by atoms with Crippen molar-refractivity contribution in [3.8, 4) is 17.0 Å². The monoisotopic (exact) mass is 326 g/mol. The molecule has 0 spiro atoms. The molecule has 0 aliphatic carbocycles. The lowest BCUT2D eigenvalue weighted by Crippen LogP contribution is -2.13. The fourth-order valence-electron chi connectivity index (χ4n) is 2.21. The van der Waals surface area contributed by atoms with E-state index in [1.54, 1.807) is 42.5 Å². The largest absolute Gasteiger partial charge is 0.493 e. The maximum absolute atomic E-state index is 13.0. The lowest BCUT2D eigenvalue weighted by molar-refractivity contribution is 0.102. The fraction of sp³-hybridized carbons (Fsp3) is 0.111. The number of benzene rings is 2. The number of carbonyl (C=O) groups is 1. The number of amides is 1. The summed E-state index contributed by atoms with van der Waals surface area (Å²) in [4.78, 5) is 12.4. The van der Waals surface area contributed by atoms with Crippen LogP contribution >= 0.6 is 0 Å². The smallest absolute Gasteiger partial charge is 0.261 e. The molecule has 3 rings (SSSR count). The predicted molar refractivity (Wildman–Crippen MR) is 87.5 cm³/mol. The van der Waals surface area contributed by atoms with Gasteiger partial charge < -0.3 is 9.26 Å². The van der Waals surface area contributed by atoms with Crippen molar-refractivity contribution in [2.45, 2.75) is 6.92 Å². The Morgan fingerprint density at radius 1 is 1.21 bits per heavy atom. The topological polar surface area (TPSA) is 64.4 Å². The molecule has 2 aromatic carbocycles. The van der Waals surface area contributed by atoms with Crippen molar-refractivity contribution < 1.29 is 18.4 Å². The van der Waals surface area contributed by atoms with Gasteiger partial charge in [-0.25, -0.2) is 4.39 Å². The standard InChI is InChI=1S/C18H15FN2O3/c1-2-23-16-6-4-3-5-14(16)18(22)20-17-11-15(21-24-17)12-7-9-13(19)10-8-12/h3-11H,2H2,1H3,(H,20,22). The minimum atomic E-state index is -0.360. The van der Waals surface area contributed by atoms with E-state index in [1.807, 2.05) is 6.92 Å². The van der Waals surface area contributed by atoms with Gasteiger partial charge >= 0.3 is 0 Å². The summed E-state index contributed by atoms with van der Waals surface area (Å²) in [6.45, 7) is 2.31. The van der Waals surface area contributed by atoms with Gasteiger partial charge in [-0.3, -0.25) is 10.1 Å². The Kier molecular flexibility index (Phi) is 4.56. The van der Waals surface area contributed by atoms with Crippen molar-refractivity contribution >= 4 is 11.8 Å². The van der Waals surface area contributed by atoms with Gasteiger partial charge in [0, 0.05) is 11.6 Å². The maximum atomic E-state index is 13.0. The minimum Gasteiger partial charge on any atom is -0.493 e. The van der Waals surface area contributed by atoms with Gasteiger partial charge in [-0.15, -0.1) is 0 Å². The third-order valence-corrected chi connectivity index (χ3v) is 3.32. The number of hydrogen-bond donors (Lipinski definition) is 1. The average molecular weight is 326 g/mol. The van der Waals surface area contributed by atoms with Gasteiger partial charge in [0.05, 0.1) is 12.2 Å². The highest BCUT2D eigenvalue weighted by Gasteiger charge is 2.15. The fourth-order valence-corrected chi connectivity index (χ4v) is 2.21. The van der Waals surface area contributed by atoms with E-state index in [9.17, 15) is 9.18 Å². The number of aromatic nitrogens is 1. The van der Waals surface area contributed by atoms with Crippen LogP contribution in [-0.2, 0) is 0 Å². The van der Waals surface area contributed by atoms with Gasteiger partial charge in [-0.05, 0) is 43.3 Å². The van der Waals surface area contributed by atoms with E-state index >= 15 is 0 Å². The number of nitrogens with zero attached hydrogens (tertiary/aromatic N) is 1. The zero-order chi connectivity index (χ0) is 16.9. The van der Waals surface area contributed by atoms with Crippen LogP contribution in [0.15, 0.2) is 59.1 Å². The van der Waals surface area contributed by atoms with Crippen LogP contribution in [-0.4, -0.2) is 17.7 Å². The van der Waals surface area contributed by atoms with E-state index in [-0.39, 0.29) is 17.6 Å². The average Bonchev–Trinajstić information content (AvgIpc) is 3.05. The third-order valence-electron chi connectivity index (χ3n) is 3.32. The third kappa shape index (κ3) is 3.43. The molecule has 0 saturated heterocycles. The molecule has 1 amide bonds. The molecule has 3 aromatic rings. The Labute approximate surface area is 138 Å². The quantitative estimate of drug-likeness (QED) is 0.765. The van der Waals surface area contributed by atoms with Crippen LogP contribution in [0.1, 0.15) is 17.3 Å². The summed E-state index contributed by atoms with van der Waals surface area (Å²) in [5.41, 5.74) is 1.60. The Balaban J connectivity index is 1.77. The zero-order valence-corrected chi connectivity index (χ0v) is 13.0. The highest BCUT2D eigenvalue weighted by Crippen LogP contribution is 2.24. The van der Waals surface area contributed by atoms with E-state index < -0.39 is 0 Å². The van der Waals surface area contributed by atoms with Crippen LogP contribution in [0.4, 0.5) is 10.3 Å². The first-order valence-corrected chi connectivity index (χ1v) is 7.43. The summed E-state index contributed by atoms with van der Waals surface area (Å²) < 4.78 is 23.5. The Bertz CT molecular complexity index is 843. The molecule has 0 radical (unpaired) electrons. The van der Waals surface area contributed by atoms with Crippen molar-refractivity contribution in [3.63, 3.8) is 0 Å². The van der Waals surface area contributed by atoms with Crippen molar-refractivity contribution in [2.24, 2.45) is 0 Å². The summed E-state index contributed by atoms with van der Waals surface area (Å²) in [7, 11) is 0. The van der Waals surface area contributed by atoms with Gasteiger partial charge in [-0.1, -0.05) is 17.3 Å². The molecule has 24 heavy (non-hydrogen) atoms. The van der Waals surface area contributed by atoms with E-state index in [0.717, 1.165) is 0 Å². The first kappa shape index (κ1) is 15.7. The zero-order valence-electron chi connectivity index (χ0n) is 13.0. The number of para-hydroxylation sites is 1. The van der Waals surface area contributed by atoms with Crippen molar-refractivity contribution in [2.75, 3.05) is 11.9 Å². The minimum absolute atomic E-state index is 0.200. The number of halogens is 1. The highest BCUT2D eigenvalue weighted by molar-refractivity contribution is 6.05. The molecule has 1 aromatic heterocycles. The van der Waals surface area contributed by atoms with E-state index in [0.29, 0.717) is 29.2 Å². The van der Waals surface area contributed by atoms with Crippen LogP contribution in [0.3, 0.4) is 0 Å². The predicted octanol–water partition coefficient (Wildman–Crippen LogP) is 4.13. The molecule has 0 unspecified atom stereocenters. The number of rotatable bonds is 5. The second-order valence-corrected chi connectivity index (χ2v) is 4.97. The molecule has 122 valence electrons. The Morgan fingerprint density at radius 3 is 2.71 bits per heavy atom. The van der Waals surface area contributed by atoms with Gasteiger partial charge in [0.1, 0.15) is 17.3 Å². The second kappa shape index (κ2) is 6.95. The summed E-state index contributed by atoms with van der Waals surface area (Å²) in [5.74, 6) is 0.00515. The molecule has 0 bridgehead atoms. The molecule has 0 fully saturated rings. The lowest BCUT2D eigenvalue weighted by Gasteiger charge is -2.08. The van der Waals surface area contributed by atoms with Crippen molar-refractivity contribution in [1.29, 1.82) is 0 Å². The van der Waals surface area contributed by atoms with Crippen molar-refractivity contribution in [3.05, 3.63) is 66.0 Å². The maximum Gasteiger partial charge on any atom is 0.261 e. The molecule has 0 atom stereocenters. The molecule has 1 heterocycles. The lowest BCUT2D eigenvalue weighted by atomic mass is 10.1. The normalized spacial score (nSPS) is 10.4. The number of nitrogens with one attached hydrogen (secondary N) is 1. The van der Waals surface area contributed by atoms with Crippen LogP contribution in [0, 0.1) is 5.82 Å². The molecule has 0 aliphatic rings.